The van der Waals surface area contributed by atoms with E-state index in [1.54, 1.807) is 12.4 Å². The largest absolute Gasteiger partial charge is 0.487 e. The molecule has 3 nitrogen and oxygen atoms in total. The molecule has 2 unspecified atom stereocenters. The Morgan fingerprint density at radius 3 is 2.06 bits per heavy atom. The fraction of sp³-hybridized carbons (Fsp3) is 0.630. The van der Waals surface area contributed by atoms with Gasteiger partial charge in [0.05, 0.1) is 12.4 Å². The van der Waals surface area contributed by atoms with Gasteiger partial charge in [0.15, 0.2) is 11.6 Å². The molecule has 0 saturated heterocycles. The van der Waals surface area contributed by atoms with Crippen LogP contribution in [0.5, 0.6) is 5.75 Å². The second-order valence-electron chi connectivity index (χ2n) is 8.68. The molecule has 2 aromatic rings. The summed E-state index contributed by atoms with van der Waals surface area (Å²) in [6, 6.07) is 8.38. The molecule has 178 valence electrons. The van der Waals surface area contributed by atoms with Crippen LogP contribution in [0.1, 0.15) is 90.0 Å². The van der Waals surface area contributed by atoms with Crippen LogP contribution in [0.15, 0.2) is 36.7 Å². The molecule has 2 atom stereocenters. The molecule has 32 heavy (non-hydrogen) atoms. The first-order valence-electron chi connectivity index (χ1n) is 12.4. The lowest BCUT2D eigenvalue weighted by Gasteiger charge is -2.12. The molecule has 2 rings (SSSR count). The first-order chi connectivity index (χ1) is 15.6. The van der Waals surface area contributed by atoms with E-state index < -0.39 is 12.3 Å². The number of nitrogens with zero attached hydrogens (tertiary/aromatic N) is 2. The third-order valence-corrected chi connectivity index (χ3v) is 5.75. The number of benzene rings is 1. The van der Waals surface area contributed by atoms with Crippen molar-refractivity contribution in [3.63, 3.8) is 0 Å². The third kappa shape index (κ3) is 10.5. The van der Waals surface area contributed by atoms with Gasteiger partial charge in [0.25, 0.3) is 0 Å². The number of hydrogen-bond acceptors (Lipinski definition) is 3. The predicted octanol–water partition coefficient (Wildman–Crippen LogP) is 8.07. The Labute approximate surface area is 193 Å². The highest BCUT2D eigenvalue weighted by atomic mass is 19.1. The number of hydrogen-bond donors (Lipinski definition) is 0. The summed E-state index contributed by atoms with van der Waals surface area (Å²) in [6.07, 6.45) is 12.7. The molecule has 0 spiro atoms. The fourth-order valence-corrected chi connectivity index (χ4v) is 3.67. The van der Waals surface area contributed by atoms with E-state index in [-0.39, 0.29) is 19.4 Å². The lowest BCUT2D eigenvalue weighted by molar-refractivity contribution is 0.167. The standard InChI is InChI=1S/C27H40F2N2O/c1-3-5-7-8-9-10-11-22-13-15-23(16-14-22)27-30-19-26(20-31-27)32-21-25(29)18-17-24(28)12-6-4-2/h13-16,19-20,24-25H,3-12,17-18,21H2,1-2H3. The van der Waals surface area contributed by atoms with Crippen LogP contribution >= 0.6 is 0 Å². The van der Waals surface area contributed by atoms with Gasteiger partial charge in [-0.3, -0.25) is 0 Å². The fourth-order valence-electron chi connectivity index (χ4n) is 3.67. The monoisotopic (exact) mass is 446 g/mol. The Bertz CT molecular complexity index is 721. The zero-order valence-electron chi connectivity index (χ0n) is 19.9. The Morgan fingerprint density at radius 2 is 1.38 bits per heavy atom. The Morgan fingerprint density at radius 1 is 0.750 bits per heavy atom. The van der Waals surface area contributed by atoms with Gasteiger partial charge in [-0.2, -0.15) is 0 Å². The Balaban J connectivity index is 1.71. The minimum Gasteiger partial charge on any atom is -0.487 e. The number of aryl methyl sites for hydroxylation is 1. The van der Waals surface area contributed by atoms with E-state index in [0.717, 1.165) is 24.8 Å². The molecule has 0 fully saturated rings. The molecular weight excluding hydrogens is 406 g/mol. The Hall–Kier alpha value is -2.04. The third-order valence-electron chi connectivity index (χ3n) is 5.75. The molecule has 0 aliphatic rings. The number of ether oxygens (including phenoxy) is 1. The van der Waals surface area contributed by atoms with Crippen LogP contribution in [0.25, 0.3) is 11.4 Å². The van der Waals surface area contributed by atoms with Crippen LogP contribution in [-0.2, 0) is 6.42 Å². The SMILES string of the molecule is CCCCCCCCc1ccc(-c2ncc(OCC(F)CCC(F)CCCC)cn2)cc1. The molecule has 5 heteroatoms. The summed E-state index contributed by atoms with van der Waals surface area (Å²) in [4.78, 5) is 8.70. The number of unbranched alkanes of at least 4 members (excludes halogenated alkanes) is 6. The first kappa shape index (κ1) is 26.2. The summed E-state index contributed by atoms with van der Waals surface area (Å²) < 4.78 is 33.1. The first-order valence-corrected chi connectivity index (χ1v) is 12.4. The molecule has 0 amide bonds. The van der Waals surface area contributed by atoms with Gasteiger partial charge in [-0.15, -0.1) is 0 Å². The van der Waals surface area contributed by atoms with Crippen LogP contribution in [0.3, 0.4) is 0 Å². The minimum absolute atomic E-state index is 0.101. The van der Waals surface area contributed by atoms with E-state index >= 15 is 0 Å². The molecule has 0 aliphatic heterocycles. The van der Waals surface area contributed by atoms with Crippen LogP contribution in [0, 0.1) is 0 Å². The number of halogens is 2. The molecule has 1 aromatic carbocycles. The summed E-state index contributed by atoms with van der Waals surface area (Å²) in [5, 5.41) is 0. The van der Waals surface area contributed by atoms with Crippen molar-refractivity contribution in [3.8, 4) is 17.1 Å². The van der Waals surface area contributed by atoms with Gasteiger partial charge < -0.3 is 4.74 Å². The average molecular weight is 447 g/mol. The van der Waals surface area contributed by atoms with Gasteiger partial charge in [-0.25, -0.2) is 18.7 Å². The molecule has 1 aromatic heterocycles. The second-order valence-corrected chi connectivity index (χ2v) is 8.68. The van der Waals surface area contributed by atoms with Crippen LogP contribution < -0.4 is 4.74 Å². The molecular formula is C27H40F2N2O. The summed E-state index contributed by atoms with van der Waals surface area (Å²) in [6.45, 7) is 4.17. The van der Waals surface area contributed by atoms with Gasteiger partial charge in [0.2, 0.25) is 0 Å². The van der Waals surface area contributed by atoms with Crippen molar-refractivity contribution in [3.05, 3.63) is 42.2 Å². The maximum atomic E-state index is 14.0. The van der Waals surface area contributed by atoms with Gasteiger partial charge >= 0.3 is 0 Å². The second kappa shape index (κ2) is 15.7. The molecule has 0 bridgehead atoms. The highest BCUT2D eigenvalue weighted by Crippen LogP contribution is 2.20. The van der Waals surface area contributed by atoms with Crippen molar-refractivity contribution < 1.29 is 13.5 Å². The van der Waals surface area contributed by atoms with Crippen molar-refractivity contribution >= 4 is 0 Å². The van der Waals surface area contributed by atoms with Gasteiger partial charge in [-0.05, 0) is 37.7 Å². The summed E-state index contributed by atoms with van der Waals surface area (Å²) in [5.74, 6) is 1.05. The van der Waals surface area contributed by atoms with Crippen molar-refractivity contribution in [1.82, 2.24) is 9.97 Å². The van der Waals surface area contributed by atoms with E-state index in [2.05, 4.69) is 29.0 Å². The normalized spacial score (nSPS) is 13.1. The number of alkyl halides is 2. The highest BCUT2D eigenvalue weighted by Gasteiger charge is 2.13. The van der Waals surface area contributed by atoms with E-state index in [9.17, 15) is 8.78 Å². The number of rotatable bonds is 17. The maximum absolute atomic E-state index is 14.0. The van der Waals surface area contributed by atoms with Crippen molar-refractivity contribution in [2.75, 3.05) is 6.61 Å². The van der Waals surface area contributed by atoms with E-state index in [0.29, 0.717) is 18.0 Å². The van der Waals surface area contributed by atoms with Crippen LogP contribution in [-0.4, -0.2) is 28.9 Å². The minimum atomic E-state index is -1.19. The summed E-state index contributed by atoms with van der Waals surface area (Å²) in [7, 11) is 0. The van der Waals surface area contributed by atoms with E-state index in [1.165, 1.54) is 44.1 Å². The topological polar surface area (TPSA) is 35.0 Å². The van der Waals surface area contributed by atoms with Gasteiger partial charge in [0.1, 0.15) is 19.0 Å². The number of aromatic nitrogens is 2. The van der Waals surface area contributed by atoms with E-state index in [1.807, 2.05) is 19.1 Å². The van der Waals surface area contributed by atoms with Gasteiger partial charge in [-0.1, -0.05) is 83.1 Å². The zero-order chi connectivity index (χ0) is 23.0. The van der Waals surface area contributed by atoms with E-state index in [4.69, 9.17) is 4.74 Å². The van der Waals surface area contributed by atoms with Gasteiger partial charge in [0, 0.05) is 5.56 Å². The maximum Gasteiger partial charge on any atom is 0.159 e. The molecule has 0 saturated carbocycles. The lowest BCUT2D eigenvalue weighted by Crippen LogP contribution is -2.15. The van der Waals surface area contributed by atoms with Crippen LogP contribution in [0.2, 0.25) is 0 Å². The molecule has 0 N–H and O–H groups in total. The van der Waals surface area contributed by atoms with Crippen LogP contribution in [0.4, 0.5) is 8.78 Å². The van der Waals surface area contributed by atoms with Crippen molar-refractivity contribution in [1.29, 1.82) is 0 Å². The lowest BCUT2D eigenvalue weighted by atomic mass is 10.0. The highest BCUT2D eigenvalue weighted by molar-refractivity contribution is 5.55. The smallest absolute Gasteiger partial charge is 0.159 e. The zero-order valence-corrected chi connectivity index (χ0v) is 19.9. The predicted molar refractivity (Wildman–Crippen MR) is 129 cm³/mol. The average Bonchev–Trinajstić information content (AvgIpc) is 2.83. The quantitative estimate of drug-likeness (QED) is 0.230. The molecule has 0 aliphatic carbocycles. The molecule has 1 heterocycles. The molecule has 0 radical (unpaired) electrons. The summed E-state index contributed by atoms with van der Waals surface area (Å²) >= 11 is 0. The van der Waals surface area contributed by atoms with Crippen molar-refractivity contribution in [2.24, 2.45) is 0 Å². The summed E-state index contributed by atoms with van der Waals surface area (Å²) in [5.41, 5.74) is 2.29. The van der Waals surface area contributed by atoms with Crippen molar-refractivity contribution in [2.45, 2.75) is 103 Å². The Kier molecular flexibility index (Phi) is 12.9.